The molecule has 0 aromatic carbocycles. The van der Waals surface area contributed by atoms with E-state index in [0.29, 0.717) is 30.3 Å². The zero-order chi connectivity index (χ0) is 18.5. The number of hydrogen-bond acceptors (Lipinski definition) is 3. The first-order valence-corrected chi connectivity index (χ1v) is 10.1. The van der Waals surface area contributed by atoms with Crippen molar-refractivity contribution in [1.29, 1.82) is 0 Å². The average molecular weight is 354 g/mol. The van der Waals surface area contributed by atoms with Gasteiger partial charge in [0.1, 0.15) is 0 Å². The molecular formula is C23H30O3. The fraction of sp³-hybridized carbons (Fsp3) is 0.652. The van der Waals surface area contributed by atoms with Crippen molar-refractivity contribution < 1.29 is 14.3 Å². The molecule has 0 bridgehead atoms. The Kier molecular flexibility index (Phi) is 4.24. The summed E-state index contributed by atoms with van der Waals surface area (Å²) in [5, 5.41) is 0. The molecule has 0 amide bonds. The molecule has 140 valence electrons. The molecule has 3 saturated carbocycles. The largest absolute Gasteiger partial charge is 0.465 e. The number of fused-ring (bicyclic) bond motifs is 5. The van der Waals surface area contributed by atoms with Gasteiger partial charge in [0.05, 0.1) is 6.61 Å². The van der Waals surface area contributed by atoms with Crippen molar-refractivity contribution in [3.05, 3.63) is 36.5 Å². The van der Waals surface area contributed by atoms with Crippen molar-refractivity contribution in [2.24, 2.45) is 34.5 Å². The lowest BCUT2D eigenvalue weighted by Gasteiger charge is -2.57. The smallest absolute Gasteiger partial charge is 0.302 e. The third kappa shape index (κ3) is 2.46. The second-order valence-corrected chi connectivity index (χ2v) is 9.08. The van der Waals surface area contributed by atoms with E-state index >= 15 is 0 Å². The van der Waals surface area contributed by atoms with Gasteiger partial charge in [-0.3, -0.25) is 9.59 Å². The Hall–Kier alpha value is -1.64. The van der Waals surface area contributed by atoms with Crippen LogP contribution in [0.5, 0.6) is 0 Å². The van der Waals surface area contributed by atoms with Crippen LogP contribution < -0.4 is 0 Å². The monoisotopic (exact) mass is 354 g/mol. The van der Waals surface area contributed by atoms with E-state index in [1.807, 2.05) is 6.08 Å². The number of rotatable bonds is 3. The van der Waals surface area contributed by atoms with E-state index in [1.54, 1.807) is 6.08 Å². The number of esters is 1. The molecule has 4 rings (SSSR count). The summed E-state index contributed by atoms with van der Waals surface area (Å²) in [7, 11) is 0. The number of hydrogen-bond donors (Lipinski definition) is 0. The predicted molar refractivity (Wildman–Crippen MR) is 101 cm³/mol. The minimum atomic E-state index is -0.176. The van der Waals surface area contributed by atoms with Crippen LogP contribution in [0.1, 0.15) is 52.4 Å². The highest BCUT2D eigenvalue weighted by Gasteiger charge is 2.60. The molecule has 0 N–H and O–H groups in total. The first-order chi connectivity index (χ1) is 12.4. The molecule has 0 heterocycles. The maximum absolute atomic E-state index is 11.9. The third-order valence-electron chi connectivity index (χ3n) is 8.17. The van der Waals surface area contributed by atoms with Crippen molar-refractivity contribution in [3.8, 4) is 0 Å². The SMILES string of the molecule is C=C[C@H]1CC[C@H]2[C@@H]3CCC4=CC(=O)C=C[C@]4(C)[C@@H]3CC[C@]12COC(C)=O. The van der Waals surface area contributed by atoms with Crippen LogP contribution in [-0.4, -0.2) is 18.4 Å². The van der Waals surface area contributed by atoms with Crippen molar-refractivity contribution in [1.82, 2.24) is 0 Å². The maximum atomic E-state index is 11.9. The molecule has 0 aromatic rings. The molecule has 6 atom stereocenters. The van der Waals surface area contributed by atoms with Gasteiger partial charge in [-0.05, 0) is 74.3 Å². The molecule has 3 nitrogen and oxygen atoms in total. The fourth-order valence-corrected chi connectivity index (χ4v) is 6.92. The van der Waals surface area contributed by atoms with Crippen LogP contribution in [0.2, 0.25) is 0 Å². The quantitative estimate of drug-likeness (QED) is 0.548. The Labute approximate surface area is 156 Å². The second kappa shape index (κ2) is 6.21. The highest BCUT2D eigenvalue weighted by atomic mass is 16.5. The van der Waals surface area contributed by atoms with Crippen LogP contribution in [0.4, 0.5) is 0 Å². The highest BCUT2D eigenvalue weighted by Crippen LogP contribution is 2.66. The number of allylic oxidation sites excluding steroid dienone is 5. The lowest BCUT2D eigenvalue weighted by Crippen LogP contribution is -2.52. The first-order valence-electron chi connectivity index (χ1n) is 10.1. The summed E-state index contributed by atoms with van der Waals surface area (Å²) >= 11 is 0. The van der Waals surface area contributed by atoms with Gasteiger partial charge in [0.2, 0.25) is 0 Å². The average Bonchev–Trinajstić information content (AvgIpc) is 2.99. The standard InChI is InChI=1S/C23H30O3/c1-4-16-6-8-21-19-7-5-17-13-18(25)9-11-22(17,3)20(19)10-12-23(16,21)14-26-15(2)24/h4,9,11,13,16,19-21H,1,5-8,10,12,14H2,2-3H3/t16-,19+,20+,21-,22-,23-/m0/s1. The topological polar surface area (TPSA) is 43.4 Å². The Morgan fingerprint density at radius 3 is 2.85 bits per heavy atom. The minimum Gasteiger partial charge on any atom is -0.465 e. The van der Waals surface area contributed by atoms with Crippen LogP contribution in [0.3, 0.4) is 0 Å². The number of ether oxygens (including phenoxy) is 1. The molecule has 0 aromatic heterocycles. The molecule has 0 spiro atoms. The Balaban J connectivity index is 1.67. The van der Waals surface area contributed by atoms with Gasteiger partial charge in [0.25, 0.3) is 0 Å². The van der Waals surface area contributed by atoms with E-state index in [4.69, 9.17) is 4.74 Å². The van der Waals surface area contributed by atoms with Crippen molar-refractivity contribution in [3.63, 3.8) is 0 Å². The molecule has 4 aliphatic rings. The Bertz CT molecular complexity index is 702. The molecule has 3 heteroatoms. The fourth-order valence-electron chi connectivity index (χ4n) is 6.92. The van der Waals surface area contributed by atoms with Crippen molar-refractivity contribution >= 4 is 11.8 Å². The van der Waals surface area contributed by atoms with Gasteiger partial charge in [0, 0.05) is 17.8 Å². The molecule has 4 aliphatic carbocycles. The molecule has 3 fully saturated rings. The normalized spacial score (nSPS) is 43.8. The van der Waals surface area contributed by atoms with Gasteiger partial charge in [0.15, 0.2) is 5.78 Å². The van der Waals surface area contributed by atoms with E-state index in [-0.39, 0.29) is 22.6 Å². The summed E-state index contributed by atoms with van der Waals surface area (Å²) < 4.78 is 5.59. The zero-order valence-corrected chi connectivity index (χ0v) is 16.0. The summed E-state index contributed by atoms with van der Waals surface area (Å²) in [4.78, 5) is 23.4. The first kappa shape index (κ1) is 17.8. The van der Waals surface area contributed by atoms with Gasteiger partial charge < -0.3 is 4.74 Å². The zero-order valence-electron chi connectivity index (χ0n) is 16.0. The number of carbonyl (C=O) groups is 2. The molecule has 0 aliphatic heterocycles. The second-order valence-electron chi connectivity index (χ2n) is 9.08. The molecule has 0 saturated heterocycles. The van der Waals surface area contributed by atoms with Crippen LogP contribution >= 0.6 is 0 Å². The van der Waals surface area contributed by atoms with E-state index in [9.17, 15) is 9.59 Å². The van der Waals surface area contributed by atoms with Gasteiger partial charge in [-0.25, -0.2) is 0 Å². The van der Waals surface area contributed by atoms with Gasteiger partial charge in [-0.2, -0.15) is 0 Å². The Morgan fingerprint density at radius 2 is 2.12 bits per heavy atom. The van der Waals surface area contributed by atoms with E-state index in [0.717, 1.165) is 32.1 Å². The number of carbonyl (C=O) groups excluding carboxylic acids is 2. The lowest BCUT2D eigenvalue weighted by atomic mass is 9.47. The minimum absolute atomic E-state index is 0.0245. The Morgan fingerprint density at radius 1 is 1.31 bits per heavy atom. The van der Waals surface area contributed by atoms with Crippen LogP contribution in [-0.2, 0) is 14.3 Å². The van der Waals surface area contributed by atoms with Gasteiger partial charge in [-0.15, -0.1) is 6.58 Å². The third-order valence-corrected chi connectivity index (χ3v) is 8.17. The van der Waals surface area contributed by atoms with E-state index in [2.05, 4.69) is 25.7 Å². The predicted octanol–water partition coefficient (Wildman–Crippen LogP) is 4.64. The van der Waals surface area contributed by atoms with Crippen LogP contribution in [0.15, 0.2) is 36.5 Å². The summed E-state index contributed by atoms with van der Waals surface area (Å²) in [6, 6.07) is 0. The highest BCUT2D eigenvalue weighted by molar-refractivity contribution is 6.01. The van der Waals surface area contributed by atoms with Gasteiger partial charge in [-0.1, -0.05) is 24.6 Å². The summed E-state index contributed by atoms with van der Waals surface area (Å²) in [5.41, 5.74) is 1.42. The van der Waals surface area contributed by atoms with Crippen molar-refractivity contribution in [2.45, 2.75) is 52.4 Å². The molecule has 26 heavy (non-hydrogen) atoms. The number of ketones is 1. The summed E-state index contributed by atoms with van der Waals surface area (Å²) in [6.07, 6.45) is 14.7. The van der Waals surface area contributed by atoms with Crippen molar-refractivity contribution in [2.75, 3.05) is 6.61 Å². The lowest BCUT2D eigenvalue weighted by molar-refractivity contribution is -0.151. The molecule has 0 radical (unpaired) electrons. The maximum Gasteiger partial charge on any atom is 0.302 e. The van der Waals surface area contributed by atoms with E-state index in [1.165, 1.54) is 18.9 Å². The summed E-state index contributed by atoms with van der Waals surface area (Å²) in [5.74, 6) is 2.23. The summed E-state index contributed by atoms with van der Waals surface area (Å²) in [6.45, 7) is 8.48. The van der Waals surface area contributed by atoms with Crippen LogP contribution in [0, 0.1) is 34.5 Å². The molecular weight excluding hydrogens is 324 g/mol. The van der Waals surface area contributed by atoms with Gasteiger partial charge >= 0.3 is 5.97 Å². The molecule has 0 unspecified atom stereocenters. The van der Waals surface area contributed by atoms with E-state index < -0.39 is 0 Å². The van der Waals surface area contributed by atoms with Crippen LogP contribution in [0.25, 0.3) is 0 Å².